The third kappa shape index (κ3) is 5.22. The number of aromatic nitrogens is 2. The highest BCUT2D eigenvalue weighted by molar-refractivity contribution is 7.92. The van der Waals surface area contributed by atoms with Crippen LogP contribution in [0.4, 0.5) is 14.5 Å². The van der Waals surface area contributed by atoms with Gasteiger partial charge in [0, 0.05) is 23.7 Å². The second kappa shape index (κ2) is 9.21. The van der Waals surface area contributed by atoms with Gasteiger partial charge in [-0.2, -0.15) is 4.98 Å². The van der Waals surface area contributed by atoms with Gasteiger partial charge in [0.2, 0.25) is 27.6 Å². The third-order valence-electron chi connectivity index (χ3n) is 4.54. The highest BCUT2D eigenvalue weighted by atomic mass is 35.5. The van der Waals surface area contributed by atoms with Crippen molar-refractivity contribution in [3.63, 3.8) is 0 Å². The van der Waals surface area contributed by atoms with Crippen LogP contribution in [0.2, 0.25) is 5.02 Å². The Hall–Kier alpha value is -3.05. The maximum atomic E-state index is 13.7. The summed E-state index contributed by atoms with van der Waals surface area (Å²) in [6.07, 6.45) is 0.869. The number of benzene rings is 2. The number of sulfonamides is 1. The van der Waals surface area contributed by atoms with Gasteiger partial charge in [0.05, 0.1) is 18.5 Å². The van der Waals surface area contributed by atoms with E-state index in [0.29, 0.717) is 16.4 Å². The van der Waals surface area contributed by atoms with E-state index in [2.05, 4.69) is 10.1 Å². The van der Waals surface area contributed by atoms with Crippen molar-refractivity contribution in [2.24, 2.45) is 0 Å². The van der Waals surface area contributed by atoms with Gasteiger partial charge in [-0.25, -0.2) is 17.2 Å². The third-order valence-corrected chi connectivity index (χ3v) is 6.04. The first-order chi connectivity index (χ1) is 15.0. The summed E-state index contributed by atoms with van der Waals surface area (Å²) < 4.78 is 57.5. The maximum absolute atomic E-state index is 13.7. The molecular formula is C20H19ClF2N4O4S. The lowest BCUT2D eigenvalue weighted by Gasteiger charge is -2.30. The van der Waals surface area contributed by atoms with Crippen LogP contribution in [0.3, 0.4) is 0 Å². The average Bonchev–Trinajstić information content (AvgIpc) is 3.18. The normalized spacial score (nSPS) is 12.4. The van der Waals surface area contributed by atoms with Crippen LogP contribution in [0.1, 0.15) is 12.8 Å². The number of hydrogen-bond acceptors (Lipinski definition) is 6. The number of halogens is 3. The minimum absolute atomic E-state index is 0.0981. The number of nitrogens with zero attached hydrogens (tertiary/aromatic N) is 4. The van der Waals surface area contributed by atoms with Gasteiger partial charge in [-0.15, -0.1) is 0 Å². The molecule has 170 valence electrons. The van der Waals surface area contributed by atoms with Gasteiger partial charge in [-0.1, -0.05) is 16.8 Å². The Morgan fingerprint density at radius 2 is 1.81 bits per heavy atom. The largest absolute Gasteiger partial charge is 0.337 e. The zero-order valence-electron chi connectivity index (χ0n) is 17.3. The van der Waals surface area contributed by atoms with Crippen molar-refractivity contribution in [2.75, 3.05) is 17.6 Å². The van der Waals surface area contributed by atoms with Gasteiger partial charge in [0.1, 0.15) is 6.04 Å². The fourth-order valence-corrected chi connectivity index (χ4v) is 4.35. The summed E-state index contributed by atoms with van der Waals surface area (Å²) >= 11 is 5.86. The van der Waals surface area contributed by atoms with Crippen LogP contribution in [-0.4, -0.2) is 48.7 Å². The van der Waals surface area contributed by atoms with Crippen molar-refractivity contribution in [3.8, 4) is 11.4 Å². The monoisotopic (exact) mass is 484 g/mol. The van der Waals surface area contributed by atoms with E-state index in [0.717, 1.165) is 28.8 Å². The van der Waals surface area contributed by atoms with Crippen molar-refractivity contribution >= 4 is 33.2 Å². The van der Waals surface area contributed by atoms with Crippen molar-refractivity contribution < 1.29 is 26.5 Å². The predicted octanol–water partition coefficient (Wildman–Crippen LogP) is 3.48. The van der Waals surface area contributed by atoms with Crippen molar-refractivity contribution in [2.45, 2.75) is 19.5 Å². The number of hydrogen-bond donors (Lipinski definition) is 0. The molecule has 0 saturated carbocycles. The second-order valence-electron chi connectivity index (χ2n) is 7.05. The topological polar surface area (TPSA) is 96.6 Å². The molecule has 1 heterocycles. The van der Waals surface area contributed by atoms with Gasteiger partial charge in [0.15, 0.2) is 11.6 Å². The summed E-state index contributed by atoms with van der Waals surface area (Å²) in [5.41, 5.74) is 0.483. The van der Waals surface area contributed by atoms with Crippen molar-refractivity contribution in [3.05, 3.63) is 65.0 Å². The van der Waals surface area contributed by atoms with E-state index >= 15 is 0 Å². The molecule has 12 heteroatoms. The zero-order chi connectivity index (χ0) is 23.6. The molecule has 0 bridgehead atoms. The molecule has 3 rings (SSSR count). The van der Waals surface area contributed by atoms with Crippen LogP contribution in [0.15, 0.2) is 47.0 Å². The summed E-state index contributed by atoms with van der Waals surface area (Å²) in [7, 11) is -2.57. The zero-order valence-corrected chi connectivity index (χ0v) is 18.9. The first-order valence-electron chi connectivity index (χ1n) is 9.25. The first kappa shape index (κ1) is 23.6. The van der Waals surface area contributed by atoms with Crippen LogP contribution >= 0.6 is 11.6 Å². The smallest absolute Gasteiger partial charge is 0.246 e. The molecule has 0 aliphatic carbocycles. The van der Waals surface area contributed by atoms with E-state index in [9.17, 15) is 22.0 Å². The van der Waals surface area contributed by atoms with E-state index in [1.807, 2.05) is 0 Å². The number of likely N-dealkylation sites (N-methyl/N-ethyl adjacent to an activating group) is 1. The highest BCUT2D eigenvalue weighted by Crippen LogP contribution is 2.24. The molecule has 0 radical (unpaired) electrons. The standard InChI is InChI=1S/C20H19ClF2N4O4S/c1-12(27(32(3,29)30)15-8-9-16(22)17(23)10-15)20(28)26(2)11-18-24-19(25-31-18)13-4-6-14(21)7-5-13/h4-10,12H,11H2,1-3H3. The summed E-state index contributed by atoms with van der Waals surface area (Å²) in [5, 5.41) is 4.41. The molecule has 0 fully saturated rings. The lowest BCUT2D eigenvalue weighted by molar-refractivity contribution is -0.131. The Bertz CT molecular complexity index is 1230. The fourth-order valence-electron chi connectivity index (χ4n) is 3.06. The van der Waals surface area contributed by atoms with E-state index in [-0.39, 0.29) is 18.1 Å². The van der Waals surface area contributed by atoms with Gasteiger partial charge in [-0.05, 0) is 43.3 Å². The second-order valence-corrected chi connectivity index (χ2v) is 9.34. The molecule has 0 aliphatic rings. The number of anilines is 1. The molecule has 0 saturated heterocycles. The molecule has 32 heavy (non-hydrogen) atoms. The molecule has 1 aromatic heterocycles. The molecule has 0 N–H and O–H groups in total. The van der Waals surface area contributed by atoms with Crippen LogP contribution in [0, 0.1) is 11.6 Å². The Balaban J connectivity index is 1.79. The van der Waals surface area contributed by atoms with Crippen LogP contribution in [0.5, 0.6) is 0 Å². The minimum atomic E-state index is -4.00. The van der Waals surface area contributed by atoms with Gasteiger partial charge in [-0.3, -0.25) is 9.10 Å². The SMILES string of the molecule is CC(C(=O)N(C)Cc1nc(-c2ccc(Cl)cc2)no1)N(c1ccc(F)c(F)c1)S(C)(=O)=O. The van der Waals surface area contributed by atoms with Gasteiger partial charge in [0.25, 0.3) is 0 Å². The van der Waals surface area contributed by atoms with E-state index in [4.69, 9.17) is 16.1 Å². The maximum Gasteiger partial charge on any atom is 0.246 e. The molecule has 2 aromatic carbocycles. The Kier molecular flexibility index (Phi) is 6.79. The molecule has 1 amide bonds. The van der Waals surface area contributed by atoms with E-state index in [1.165, 1.54) is 18.9 Å². The molecule has 3 aromatic rings. The lowest BCUT2D eigenvalue weighted by Crippen LogP contribution is -2.48. The molecule has 8 nitrogen and oxygen atoms in total. The molecule has 0 spiro atoms. The van der Waals surface area contributed by atoms with Crippen LogP contribution in [0.25, 0.3) is 11.4 Å². The molecule has 0 aliphatic heterocycles. The number of carbonyl (C=O) groups is 1. The van der Waals surface area contributed by atoms with Crippen molar-refractivity contribution in [1.82, 2.24) is 15.0 Å². The quantitative estimate of drug-likeness (QED) is 0.509. The molecule has 1 unspecified atom stereocenters. The Labute approximate surface area is 188 Å². The minimum Gasteiger partial charge on any atom is -0.337 e. The molecule has 1 atom stereocenters. The summed E-state index contributed by atoms with van der Waals surface area (Å²) in [6, 6.07) is 8.10. The lowest BCUT2D eigenvalue weighted by atomic mass is 10.2. The summed E-state index contributed by atoms with van der Waals surface area (Å²) in [4.78, 5) is 18.3. The number of carbonyl (C=O) groups excluding carboxylic acids is 1. The number of rotatable bonds is 7. The first-order valence-corrected chi connectivity index (χ1v) is 11.5. The fraction of sp³-hybridized carbons (Fsp3) is 0.250. The van der Waals surface area contributed by atoms with E-state index < -0.39 is 33.6 Å². The average molecular weight is 485 g/mol. The van der Waals surface area contributed by atoms with E-state index in [1.54, 1.807) is 24.3 Å². The van der Waals surface area contributed by atoms with Gasteiger partial charge >= 0.3 is 0 Å². The molecular weight excluding hydrogens is 466 g/mol. The number of amides is 1. The van der Waals surface area contributed by atoms with Crippen LogP contribution < -0.4 is 4.31 Å². The highest BCUT2D eigenvalue weighted by Gasteiger charge is 2.32. The Morgan fingerprint density at radius 1 is 1.16 bits per heavy atom. The summed E-state index contributed by atoms with van der Waals surface area (Å²) in [6.45, 7) is 1.24. The van der Waals surface area contributed by atoms with Crippen molar-refractivity contribution in [1.29, 1.82) is 0 Å². The van der Waals surface area contributed by atoms with Gasteiger partial charge < -0.3 is 9.42 Å². The summed E-state index contributed by atoms with van der Waals surface area (Å²) in [5.74, 6) is -2.57. The Morgan fingerprint density at radius 3 is 2.41 bits per heavy atom. The van der Waals surface area contributed by atoms with Crippen LogP contribution in [-0.2, 0) is 21.4 Å². The predicted molar refractivity (Wildman–Crippen MR) is 114 cm³/mol.